The Labute approximate surface area is 118 Å². The zero-order chi connectivity index (χ0) is 13.4. The molecule has 2 aromatic carbocycles. The molecule has 4 rings (SSSR count). The number of benzene rings is 2. The lowest BCUT2D eigenvalue weighted by atomic mass is 9.99. The summed E-state index contributed by atoms with van der Waals surface area (Å²) < 4.78 is 12.1. The van der Waals surface area contributed by atoms with E-state index in [1.807, 2.05) is 6.07 Å². The number of ether oxygens (including phenoxy) is 2. The summed E-state index contributed by atoms with van der Waals surface area (Å²) in [6, 6.07) is 18.9. The van der Waals surface area contributed by atoms with Crippen LogP contribution in [-0.2, 0) is 9.47 Å². The maximum atomic E-state index is 6.03. The quantitative estimate of drug-likeness (QED) is 0.776. The average Bonchev–Trinajstić information content (AvgIpc) is 2.65. The average molecular weight is 264 g/mol. The molecule has 0 radical (unpaired) electrons. The number of rotatable bonds is 1. The van der Waals surface area contributed by atoms with Crippen molar-refractivity contribution < 1.29 is 9.47 Å². The van der Waals surface area contributed by atoms with Crippen LogP contribution in [0.5, 0.6) is 0 Å². The molecule has 2 heteroatoms. The Hall–Kier alpha value is -2.06. The molecular weight excluding hydrogens is 248 g/mol. The van der Waals surface area contributed by atoms with Crippen LogP contribution >= 0.6 is 0 Å². The molecule has 1 aliphatic carbocycles. The third kappa shape index (κ3) is 1.76. The van der Waals surface area contributed by atoms with Gasteiger partial charge in [-0.1, -0.05) is 54.6 Å². The summed E-state index contributed by atoms with van der Waals surface area (Å²) in [7, 11) is 0. The predicted molar refractivity (Wildman–Crippen MR) is 78.2 cm³/mol. The Morgan fingerprint density at radius 2 is 1.65 bits per heavy atom. The van der Waals surface area contributed by atoms with Crippen molar-refractivity contribution in [3.63, 3.8) is 0 Å². The van der Waals surface area contributed by atoms with Crippen LogP contribution < -0.4 is 0 Å². The highest BCUT2D eigenvalue weighted by Gasteiger charge is 2.35. The van der Waals surface area contributed by atoms with Crippen molar-refractivity contribution in [2.24, 2.45) is 0 Å². The molecule has 2 aromatic rings. The monoisotopic (exact) mass is 264 g/mol. The summed E-state index contributed by atoms with van der Waals surface area (Å²) in [4.78, 5) is 0. The SMILES string of the molecule is c1ccc(C2=C3OCCCOC3c3ccccc32)cc1. The molecule has 1 aliphatic heterocycles. The molecule has 0 bridgehead atoms. The zero-order valence-corrected chi connectivity index (χ0v) is 11.2. The third-order valence-electron chi connectivity index (χ3n) is 3.89. The van der Waals surface area contributed by atoms with Gasteiger partial charge < -0.3 is 9.47 Å². The molecule has 1 atom stereocenters. The molecule has 1 heterocycles. The van der Waals surface area contributed by atoms with Gasteiger partial charge in [-0.25, -0.2) is 0 Å². The number of hydrogen-bond donors (Lipinski definition) is 0. The highest BCUT2D eigenvalue weighted by Crippen LogP contribution is 2.46. The van der Waals surface area contributed by atoms with Crippen molar-refractivity contribution in [2.75, 3.05) is 13.2 Å². The molecule has 1 fully saturated rings. The van der Waals surface area contributed by atoms with Crippen molar-refractivity contribution in [3.05, 3.63) is 77.0 Å². The van der Waals surface area contributed by atoms with Crippen molar-refractivity contribution >= 4 is 5.57 Å². The van der Waals surface area contributed by atoms with E-state index in [1.54, 1.807) is 0 Å². The molecule has 0 N–H and O–H groups in total. The number of hydrogen-bond acceptors (Lipinski definition) is 2. The lowest BCUT2D eigenvalue weighted by molar-refractivity contribution is 0.0720. The van der Waals surface area contributed by atoms with E-state index < -0.39 is 0 Å². The fourth-order valence-corrected chi connectivity index (χ4v) is 3.02. The van der Waals surface area contributed by atoms with Gasteiger partial charge in [0, 0.05) is 12.0 Å². The van der Waals surface area contributed by atoms with Gasteiger partial charge in [-0.3, -0.25) is 0 Å². The van der Waals surface area contributed by atoms with Gasteiger partial charge in [0.05, 0.1) is 13.2 Å². The van der Waals surface area contributed by atoms with E-state index in [0.29, 0.717) is 0 Å². The van der Waals surface area contributed by atoms with E-state index in [1.165, 1.54) is 22.3 Å². The minimum atomic E-state index is -0.0380. The van der Waals surface area contributed by atoms with Crippen molar-refractivity contribution in [2.45, 2.75) is 12.5 Å². The Morgan fingerprint density at radius 1 is 0.850 bits per heavy atom. The summed E-state index contributed by atoms with van der Waals surface area (Å²) in [6.45, 7) is 1.49. The van der Waals surface area contributed by atoms with Crippen LogP contribution in [0.3, 0.4) is 0 Å². The lowest BCUT2D eigenvalue weighted by Gasteiger charge is -2.13. The summed E-state index contributed by atoms with van der Waals surface area (Å²) in [5, 5.41) is 0. The van der Waals surface area contributed by atoms with Crippen molar-refractivity contribution in [1.29, 1.82) is 0 Å². The van der Waals surface area contributed by atoms with Gasteiger partial charge in [0.2, 0.25) is 0 Å². The first-order valence-electron chi connectivity index (χ1n) is 7.08. The van der Waals surface area contributed by atoms with Gasteiger partial charge >= 0.3 is 0 Å². The Morgan fingerprint density at radius 3 is 2.55 bits per heavy atom. The van der Waals surface area contributed by atoms with Gasteiger partial charge in [0.1, 0.15) is 11.9 Å². The molecule has 2 aliphatic rings. The third-order valence-corrected chi connectivity index (χ3v) is 3.89. The van der Waals surface area contributed by atoms with E-state index in [2.05, 4.69) is 48.5 Å². The summed E-state index contributed by atoms with van der Waals surface area (Å²) in [6.07, 6.45) is 0.911. The van der Waals surface area contributed by atoms with Gasteiger partial charge in [-0.15, -0.1) is 0 Å². The number of fused-ring (bicyclic) bond motifs is 3. The molecular formula is C18H16O2. The van der Waals surface area contributed by atoms with Crippen LogP contribution in [0.1, 0.15) is 29.2 Å². The fourth-order valence-electron chi connectivity index (χ4n) is 3.02. The molecule has 0 saturated carbocycles. The molecule has 1 unspecified atom stereocenters. The van der Waals surface area contributed by atoms with Crippen LogP contribution in [0.4, 0.5) is 0 Å². The van der Waals surface area contributed by atoms with E-state index in [9.17, 15) is 0 Å². The second kappa shape index (κ2) is 4.80. The standard InChI is InChI=1S/C18H16O2/c1-2-7-13(8-3-1)16-14-9-4-5-10-15(14)17-18(16)20-12-6-11-19-17/h1-5,7-10,17H,6,11-12H2. The first-order valence-corrected chi connectivity index (χ1v) is 7.08. The zero-order valence-electron chi connectivity index (χ0n) is 11.2. The molecule has 2 nitrogen and oxygen atoms in total. The molecule has 0 aromatic heterocycles. The van der Waals surface area contributed by atoms with E-state index in [-0.39, 0.29) is 6.10 Å². The highest BCUT2D eigenvalue weighted by molar-refractivity contribution is 5.87. The molecule has 1 saturated heterocycles. The molecule has 100 valence electrons. The Kier molecular flexibility index (Phi) is 2.82. The minimum absolute atomic E-state index is 0.0380. The van der Waals surface area contributed by atoms with Gasteiger partial charge in [0.15, 0.2) is 0 Å². The van der Waals surface area contributed by atoms with Crippen molar-refractivity contribution in [1.82, 2.24) is 0 Å². The smallest absolute Gasteiger partial charge is 0.141 e. The van der Waals surface area contributed by atoms with E-state index in [0.717, 1.165) is 25.4 Å². The Balaban J connectivity index is 1.94. The largest absolute Gasteiger partial charge is 0.494 e. The lowest BCUT2D eigenvalue weighted by Crippen LogP contribution is -2.03. The second-order valence-electron chi connectivity index (χ2n) is 5.15. The summed E-state index contributed by atoms with van der Waals surface area (Å²) in [5.74, 6) is 0.981. The first-order chi connectivity index (χ1) is 9.95. The Bertz CT molecular complexity index is 658. The van der Waals surface area contributed by atoms with Crippen LogP contribution in [0.2, 0.25) is 0 Å². The van der Waals surface area contributed by atoms with E-state index >= 15 is 0 Å². The fraction of sp³-hybridized carbons (Fsp3) is 0.222. The van der Waals surface area contributed by atoms with Crippen LogP contribution in [0.25, 0.3) is 5.57 Å². The maximum Gasteiger partial charge on any atom is 0.141 e. The van der Waals surface area contributed by atoms with Crippen LogP contribution in [0, 0.1) is 0 Å². The van der Waals surface area contributed by atoms with Crippen LogP contribution in [0.15, 0.2) is 60.4 Å². The second-order valence-corrected chi connectivity index (χ2v) is 5.15. The topological polar surface area (TPSA) is 18.5 Å². The van der Waals surface area contributed by atoms with Gasteiger partial charge in [-0.2, -0.15) is 0 Å². The molecule has 0 spiro atoms. The molecule has 0 amide bonds. The summed E-state index contributed by atoms with van der Waals surface area (Å²) in [5.41, 5.74) is 4.85. The normalized spacial score (nSPS) is 20.9. The predicted octanol–water partition coefficient (Wildman–Crippen LogP) is 3.94. The molecule has 20 heavy (non-hydrogen) atoms. The highest BCUT2D eigenvalue weighted by atomic mass is 16.5. The van der Waals surface area contributed by atoms with Crippen LogP contribution in [-0.4, -0.2) is 13.2 Å². The van der Waals surface area contributed by atoms with E-state index in [4.69, 9.17) is 9.47 Å². The first kappa shape index (κ1) is 11.7. The van der Waals surface area contributed by atoms with Crippen molar-refractivity contribution in [3.8, 4) is 0 Å². The minimum Gasteiger partial charge on any atom is -0.494 e. The van der Waals surface area contributed by atoms with Gasteiger partial charge in [0.25, 0.3) is 0 Å². The maximum absolute atomic E-state index is 6.03. The summed E-state index contributed by atoms with van der Waals surface area (Å²) >= 11 is 0. The van der Waals surface area contributed by atoms with Gasteiger partial charge in [-0.05, 0) is 16.7 Å².